The first-order valence-electron chi connectivity index (χ1n) is 13.3. The summed E-state index contributed by atoms with van der Waals surface area (Å²) in [6.07, 6.45) is 5.02. The van der Waals surface area contributed by atoms with E-state index in [1.54, 1.807) is 0 Å². The van der Waals surface area contributed by atoms with E-state index in [0.29, 0.717) is 11.3 Å². The number of benzene rings is 3. The van der Waals surface area contributed by atoms with E-state index < -0.39 is 5.60 Å². The average molecular weight is 504 g/mol. The van der Waals surface area contributed by atoms with Gasteiger partial charge in [0.15, 0.2) is 5.60 Å². The zero-order valence-corrected chi connectivity index (χ0v) is 21.4. The van der Waals surface area contributed by atoms with Crippen molar-refractivity contribution < 1.29 is 14.3 Å². The fraction of sp³-hybridized carbons (Fsp3) is 0.250. The molecular weight excluding hydrogens is 474 g/mol. The molecule has 0 radical (unpaired) electrons. The van der Waals surface area contributed by atoms with Crippen LogP contribution in [0.3, 0.4) is 0 Å². The van der Waals surface area contributed by atoms with Crippen molar-refractivity contribution in [3.63, 3.8) is 0 Å². The third kappa shape index (κ3) is 3.55. The maximum absolute atomic E-state index is 13.2. The van der Waals surface area contributed by atoms with Crippen molar-refractivity contribution in [1.29, 1.82) is 0 Å². The Morgan fingerprint density at radius 3 is 2.58 bits per heavy atom. The monoisotopic (exact) mass is 503 g/mol. The van der Waals surface area contributed by atoms with Crippen LogP contribution in [0.1, 0.15) is 51.1 Å². The van der Waals surface area contributed by atoms with Crippen molar-refractivity contribution in [2.45, 2.75) is 31.8 Å². The molecule has 4 heterocycles. The number of nitrogens with one attached hydrogen (secondary N) is 1. The summed E-state index contributed by atoms with van der Waals surface area (Å²) in [5, 5.41) is 3.58. The second kappa shape index (κ2) is 8.91. The Morgan fingerprint density at radius 2 is 1.74 bits per heavy atom. The van der Waals surface area contributed by atoms with Crippen molar-refractivity contribution in [2.75, 3.05) is 29.9 Å². The van der Waals surface area contributed by atoms with Crippen LogP contribution in [-0.4, -0.2) is 30.6 Å². The summed E-state index contributed by atoms with van der Waals surface area (Å²) in [6, 6.07) is 24.1. The fourth-order valence-corrected chi connectivity index (χ4v) is 6.04. The molecule has 0 amide bonds. The molecule has 190 valence electrons. The molecule has 1 atom stereocenters. The minimum Gasteiger partial charge on any atom is -0.456 e. The molecule has 1 aromatic heterocycles. The van der Waals surface area contributed by atoms with Gasteiger partial charge < -0.3 is 19.7 Å². The van der Waals surface area contributed by atoms with Gasteiger partial charge in [0.1, 0.15) is 11.5 Å². The molecule has 3 aromatic carbocycles. The van der Waals surface area contributed by atoms with Crippen molar-refractivity contribution in [2.24, 2.45) is 0 Å². The normalized spacial score (nSPS) is 19.0. The summed E-state index contributed by atoms with van der Waals surface area (Å²) in [7, 11) is 0. The highest BCUT2D eigenvalue weighted by molar-refractivity contribution is 5.97. The van der Waals surface area contributed by atoms with Gasteiger partial charge in [0, 0.05) is 72.1 Å². The second-order valence-electron chi connectivity index (χ2n) is 10.3. The Bertz CT molecular complexity index is 1550. The lowest BCUT2D eigenvalue weighted by Crippen LogP contribution is -2.33. The van der Waals surface area contributed by atoms with E-state index >= 15 is 0 Å². The number of carbonyl (C=O) groups is 1. The summed E-state index contributed by atoms with van der Waals surface area (Å²) in [6.45, 7) is 4.90. The van der Waals surface area contributed by atoms with Crippen LogP contribution < -0.4 is 15.0 Å². The fourth-order valence-electron chi connectivity index (χ4n) is 6.04. The molecular formula is C32H29N3O3. The number of hydrogen-bond donors (Lipinski definition) is 1. The number of anilines is 2. The average Bonchev–Trinajstić information content (AvgIpc) is 3.58. The number of ether oxygens (including phenoxy) is 2. The summed E-state index contributed by atoms with van der Waals surface area (Å²) >= 11 is 0. The standard InChI is InChI=1S/C32H29N3O3/c1-21-18-29-27(20-28(21)34-15-13-22-8-4-5-14-33-22)32(25-10-3-2-9-24(25)31(36)38-32)26-12-11-23(19-30(26)37-29)35-16-6-7-17-35/h2-5,8-12,14,18-20,34H,6-7,13,15-17H2,1H3. The largest absolute Gasteiger partial charge is 0.456 e. The minimum atomic E-state index is -1.06. The van der Waals surface area contributed by atoms with Crippen LogP contribution in [0.2, 0.25) is 0 Å². The third-order valence-electron chi connectivity index (χ3n) is 7.94. The van der Waals surface area contributed by atoms with Crippen LogP contribution in [0.4, 0.5) is 11.4 Å². The maximum Gasteiger partial charge on any atom is 0.340 e. The molecule has 0 aliphatic carbocycles. The lowest BCUT2D eigenvalue weighted by atomic mass is 9.77. The molecule has 1 fully saturated rings. The van der Waals surface area contributed by atoms with E-state index in [-0.39, 0.29) is 5.97 Å². The predicted octanol–water partition coefficient (Wildman–Crippen LogP) is 6.21. The summed E-state index contributed by atoms with van der Waals surface area (Å²) in [5.74, 6) is 1.14. The van der Waals surface area contributed by atoms with E-state index in [0.717, 1.165) is 71.1 Å². The highest BCUT2D eigenvalue weighted by atomic mass is 16.6. The van der Waals surface area contributed by atoms with E-state index in [4.69, 9.17) is 9.47 Å². The minimum absolute atomic E-state index is 0.312. The van der Waals surface area contributed by atoms with Gasteiger partial charge in [-0.25, -0.2) is 4.79 Å². The number of hydrogen-bond acceptors (Lipinski definition) is 6. The molecule has 1 saturated heterocycles. The van der Waals surface area contributed by atoms with Gasteiger partial charge in [-0.3, -0.25) is 4.98 Å². The van der Waals surface area contributed by atoms with E-state index in [1.807, 2.05) is 48.7 Å². The van der Waals surface area contributed by atoms with Crippen LogP contribution in [0.15, 0.2) is 79.0 Å². The van der Waals surface area contributed by atoms with Gasteiger partial charge in [-0.05, 0) is 67.8 Å². The van der Waals surface area contributed by atoms with Gasteiger partial charge in [0.05, 0.1) is 5.56 Å². The smallest absolute Gasteiger partial charge is 0.340 e. The zero-order valence-electron chi connectivity index (χ0n) is 21.4. The molecule has 3 aliphatic heterocycles. The lowest BCUT2D eigenvalue weighted by molar-refractivity contribution is 0.0224. The number of pyridine rings is 1. The van der Waals surface area contributed by atoms with Crippen molar-refractivity contribution in [3.05, 3.63) is 113 Å². The predicted molar refractivity (Wildman–Crippen MR) is 147 cm³/mol. The molecule has 1 spiro atoms. The Morgan fingerprint density at radius 1 is 0.921 bits per heavy atom. The van der Waals surface area contributed by atoms with E-state index in [2.05, 4.69) is 52.5 Å². The number of carbonyl (C=O) groups excluding carboxylic acids is 1. The Labute approximate surface area is 222 Å². The van der Waals surface area contributed by atoms with Gasteiger partial charge in [-0.1, -0.05) is 24.3 Å². The Balaban J connectivity index is 1.33. The number of esters is 1. The van der Waals surface area contributed by atoms with Gasteiger partial charge in [-0.2, -0.15) is 0 Å². The third-order valence-corrected chi connectivity index (χ3v) is 7.94. The van der Waals surface area contributed by atoms with E-state index in [9.17, 15) is 4.79 Å². The van der Waals surface area contributed by atoms with Crippen molar-refractivity contribution in [3.8, 4) is 11.5 Å². The quantitative estimate of drug-likeness (QED) is 0.327. The summed E-state index contributed by atoms with van der Waals surface area (Å²) in [4.78, 5) is 20.0. The maximum atomic E-state index is 13.2. The molecule has 6 nitrogen and oxygen atoms in total. The van der Waals surface area contributed by atoms with Crippen LogP contribution >= 0.6 is 0 Å². The summed E-state index contributed by atoms with van der Waals surface area (Å²) < 4.78 is 12.9. The Hall–Kier alpha value is -4.32. The van der Waals surface area contributed by atoms with Crippen LogP contribution in [0.25, 0.3) is 0 Å². The molecule has 38 heavy (non-hydrogen) atoms. The van der Waals surface area contributed by atoms with Crippen LogP contribution in [0, 0.1) is 6.92 Å². The number of aromatic nitrogens is 1. The highest BCUT2D eigenvalue weighted by Gasteiger charge is 2.53. The number of rotatable bonds is 5. The topological polar surface area (TPSA) is 63.7 Å². The van der Waals surface area contributed by atoms with Crippen LogP contribution in [-0.2, 0) is 16.8 Å². The molecule has 1 unspecified atom stereocenters. The SMILES string of the molecule is Cc1cc2c(cc1NCCc1ccccn1)C1(OC(=O)c3ccccc31)c1ccc(N3CCCC3)cc1O2. The summed E-state index contributed by atoms with van der Waals surface area (Å²) in [5.41, 5.74) is 6.31. The lowest BCUT2D eigenvalue weighted by Gasteiger charge is -2.37. The molecule has 3 aliphatic rings. The first-order chi connectivity index (χ1) is 18.6. The zero-order chi connectivity index (χ0) is 25.7. The molecule has 0 bridgehead atoms. The number of fused-ring (bicyclic) bond motifs is 6. The molecule has 0 saturated carbocycles. The molecule has 1 N–H and O–H groups in total. The highest BCUT2D eigenvalue weighted by Crippen LogP contribution is 2.57. The molecule has 7 rings (SSSR count). The van der Waals surface area contributed by atoms with Gasteiger partial charge >= 0.3 is 5.97 Å². The first kappa shape index (κ1) is 22.8. The van der Waals surface area contributed by atoms with Gasteiger partial charge in [0.2, 0.25) is 0 Å². The first-order valence-corrected chi connectivity index (χ1v) is 13.3. The molecule has 6 heteroatoms. The van der Waals surface area contributed by atoms with E-state index in [1.165, 1.54) is 12.8 Å². The van der Waals surface area contributed by atoms with Crippen LogP contribution in [0.5, 0.6) is 11.5 Å². The van der Waals surface area contributed by atoms with Gasteiger partial charge in [0.25, 0.3) is 0 Å². The second-order valence-corrected chi connectivity index (χ2v) is 10.3. The molecule has 4 aromatic rings. The van der Waals surface area contributed by atoms with Crippen molar-refractivity contribution in [1.82, 2.24) is 4.98 Å². The number of nitrogens with zero attached hydrogens (tertiary/aromatic N) is 2. The number of aryl methyl sites for hydroxylation is 1. The van der Waals surface area contributed by atoms with Gasteiger partial charge in [-0.15, -0.1) is 0 Å². The Kier molecular flexibility index (Phi) is 5.36. The van der Waals surface area contributed by atoms with Crippen molar-refractivity contribution >= 4 is 17.3 Å².